The first-order valence-corrected chi connectivity index (χ1v) is 8.18. The van der Waals surface area contributed by atoms with Crippen LogP contribution in [0, 0.1) is 7.11 Å². The quantitative estimate of drug-likeness (QED) is 0.326. The largest absolute Gasteiger partial charge is 0.554 e. The molecule has 0 heterocycles. The van der Waals surface area contributed by atoms with Crippen LogP contribution in [0.3, 0.4) is 0 Å². The van der Waals surface area contributed by atoms with Gasteiger partial charge in [-0.15, -0.1) is 0 Å². The van der Waals surface area contributed by atoms with Gasteiger partial charge in [0.15, 0.2) is 0 Å². The Balaban J connectivity index is 0. The monoisotopic (exact) mass is 553 g/mol. The number of rotatable bonds is 13. The molecular formula is C16H36N3ORf-. The standard InChI is InChI=1S/C16H36N3O.Rf/c1-7-17(8-2)11-13-19(16(5)15-20-6)14-12-18(9-3)10-4;/h16H,6-15H2,1-5H3;/q-1;. The molecule has 0 aliphatic rings. The minimum atomic E-state index is 0. The molecule has 0 amide bonds. The third-order valence-electron chi connectivity index (χ3n) is 4.18. The number of ether oxygens (including phenoxy) is 1. The predicted molar refractivity (Wildman–Crippen MR) is 87.9 cm³/mol. The summed E-state index contributed by atoms with van der Waals surface area (Å²) in [5.41, 5.74) is 0. The molecule has 124 valence electrons. The van der Waals surface area contributed by atoms with Crippen LogP contribution in [0.15, 0.2) is 0 Å². The molecule has 0 N–H and O–H groups in total. The molecule has 0 aliphatic heterocycles. The SMILES string of the molecule is [CH2-]OCC(C)N(CCN(CC)CC)CCN(CC)CC.[Rf]. The summed E-state index contributed by atoms with van der Waals surface area (Å²) >= 11 is 0. The van der Waals surface area contributed by atoms with Crippen LogP contribution in [-0.4, -0.2) is 79.7 Å². The molecule has 0 saturated heterocycles. The maximum atomic E-state index is 5.08. The molecule has 0 aromatic carbocycles. The first-order chi connectivity index (χ1) is 9.62. The van der Waals surface area contributed by atoms with E-state index in [0.29, 0.717) is 12.6 Å². The average molecular weight is 553 g/mol. The van der Waals surface area contributed by atoms with E-state index in [0.717, 1.165) is 52.4 Å². The van der Waals surface area contributed by atoms with Gasteiger partial charge in [0, 0.05) is 38.8 Å². The molecule has 0 aromatic heterocycles. The fourth-order valence-electron chi connectivity index (χ4n) is 2.45. The summed E-state index contributed by atoms with van der Waals surface area (Å²) in [5, 5.41) is 0. The van der Waals surface area contributed by atoms with E-state index in [1.54, 1.807) is 0 Å². The average Bonchev–Trinajstić information content (AvgIpc) is 2.47. The zero-order valence-corrected chi connectivity index (χ0v) is 21.5. The fraction of sp³-hybridized carbons (Fsp3) is 0.938. The van der Waals surface area contributed by atoms with Crippen LogP contribution in [-0.2, 0) is 4.74 Å². The topological polar surface area (TPSA) is 19.0 Å². The Kier molecular flexibility index (Phi) is 14.5. The van der Waals surface area contributed by atoms with E-state index in [1.807, 2.05) is 0 Å². The fourth-order valence-corrected chi connectivity index (χ4v) is 2.45. The Morgan fingerprint density at radius 2 is 1.19 bits per heavy atom. The third-order valence-corrected chi connectivity index (χ3v) is 4.18. The van der Waals surface area contributed by atoms with Gasteiger partial charge < -0.3 is 14.5 Å². The molecule has 0 bridgehead atoms. The summed E-state index contributed by atoms with van der Waals surface area (Å²) in [6, 6.07) is 0.429. The molecule has 0 radical (unpaired) electrons. The molecule has 21 heavy (non-hydrogen) atoms. The number of nitrogens with zero attached hydrogens (tertiary/aromatic N) is 3. The van der Waals surface area contributed by atoms with Crippen molar-refractivity contribution in [2.75, 3.05) is 59.0 Å². The number of likely N-dealkylation sites (N-methyl/N-ethyl adjacent to an activating group) is 2. The smallest absolute Gasteiger partial charge is 0.0273 e. The molecule has 0 fully saturated rings. The number of hydrogen-bond donors (Lipinski definition) is 0. The van der Waals surface area contributed by atoms with E-state index in [9.17, 15) is 0 Å². The van der Waals surface area contributed by atoms with Gasteiger partial charge >= 0.3 is 0 Å². The van der Waals surface area contributed by atoms with Gasteiger partial charge in [0.05, 0.1) is 0 Å². The van der Waals surface area contributed by atoms with Crippen LogP contribution in [0.4, 0.5) is 0 Å². The van der Waals surface area contributed by atoms with Crippen molar-refractivity contribution in [3.8, 4) is 0 Å². The van der Waals surface area contributed by atoms with Crippen molar-refractivity contribution in [2.45, 2.75) is 40.7 Å². The van der Waals surface area contributed by atoms with Gasteiger partial charge in [0.1, 0.15) is 0 Å². The molecule has 0 aliphatic carbocycles. The Labute approximate surface area is 127 Å². The van der Waals surface area contributed by atoms with Crippen molar-refractivity contribution in [3.05, 3.63) is 7.11 Å². The summed E-state index contributed by atoms with van der Waals surface area (Å²) in [6.07, 6.45) is 0. The van der Waals surface area contributed by atoms with Crippen LogP contribution in [0.2, 0.25) is 0 Å². The molecule has 0 saturated carbocycles. The van der Waals surface area contributed by atoms with Gasteiger partial charge in [0.25, 0.3) is 0 Å². The van der Waals surface area contributed by atoms with Crippen LogP contribution in [0.5, 0.6) is 0 Å². The van der Waals surface area contributed by atoms with Crippen molar-refractivity contribution in [2.24, 2.45) is 0 Å². The minimum absolute atomic E-state index is 0. The molecule has 0 rings (SSSR count). The third kappa shape index (κ3) is 9.40. The Morgan fingerprint density at radius 1 is 0.810 bits per heavy atom. The van der Waals surface area contributed by atoms with E-state index < -0.39 is 0 Å². The molecule has 5 heteroatoms. The van der Waals surface area contributed by atoms with Crippen LogP contribution < -0.4 is 0 Å². The first-order valence-electron chi connectivity index (χ1n) is 8.18. The molecule has 4 nitrogen and oxygen atoms in total. The number of hydrogen-bond acceptors (Lipinski definition) is 4. The van der Waals surface area contributed by atoms with Gasteiger partial charge in [0.2, 0.25) is 0 Å². The first kappa shape index (κ1) is 22.1. The summed E-state index contributed by atoms with van der Waals surface area (Å²) in [5.74, 6) is 0. The summed E-state index contributed by atoms with van der Waals surface area (Å²) < 4.78 is 5.08. The molecule has 0 spiro atoms. The zero-order valence-electron chi connectivity index (χ0n) is 15.1. The molecule has 0 aromatic rings. The Hall–Kier alpha value is -1.16. The Bertz CT molecular complexity index is 196. The zero-order chi connectivity index (χ0) is 15.4. The van der Waals surface area contributed by atoms with Crippen molar-refractivity contribution in [1.82, 2.24) is 14.7 Å². The van der Waals surface area contributed by atoms with E-state index in [-0.39, 0.29) is 0 Å². The summed E-state index contributed by atoms with van der Waals surface area (Å²) in [4.78, 5) is 7.48. The van der Waals surface area contributed by atoms with Crippen molar-refractivity contribution >= 4 is 0 Å². The normalized spacial score (nSPS) is 13.0. The van der Waals surface area contributed by atoms with Crippen LogP contribution in [0.1, 0.15) is 34.6 Å². The van der Waals surface area contributed by atoms with Crippen molar-refractivity contribution < 1.29 is 4.74 Å². The second kappa shape index (κ2) is 13.8. The van der Waals surface area contributed by atoms with Crippen LogP contribution in [0.25, 0.3) is 0 Å². The molecular weight excluding hydrogens is 517 g/mol. The van der Waals surface area contributed by atoms with Crippen molar-refractivity contribution in [1.29, 1.82) is 0 Å². The van der Waals surface area contributed by atoms with E-state index in [1.165, 1.54) is 0 Å². The molecule has 1 unspecified atom stereocenters. The van der Waals surface area contributed by atoms with Crippen molar-refractivity contribution in [3.63, 3.8) is 0 Å². The van der Waals surface area contributed by atoms with Gasteiger partial charge in [-0.2, -0.15) is 0 Å². The van der Waals surface area contributed by atoms with Gasteiger partial charge in [-0.3, -0.25) is 4.90 Å². The van der Waals surface area contributed by atoms with E-state index in [4.69, 9.17) is 4.74 Å². The second-order valence-corrected chi connectivity index (χ2v) is 5.31. The minimum Gasteiger partial charge on any atom is -0.554 e. The van der Waals surface area contributed by atoms with Gasteiger partial charge in [-0.05, 0) is 33.1 Å². The maximum absolute atomic E-state index is 5.08. The Morgan fingerprint density at radius 3 is 1.48 bits per heavy atom. The predicted octanol–water partition coefficient (Wildman–Crippen LogP) is 2.17. The van der Waals surface area contributed by atoms with Gasteiger partial charge in [-0.25, -0.2) is 7.11 Å². The second-order valence-electron chi connectivity index (χ2n) is 5.31. The van der Waals surface area contributed by atoms with E-state index >= 15 is 0 Å². The summed E-state index contributed by atoms with van der Waals surface area (Å²) in [7, 11) is 3.52. The molecule has 1 atom stereocenters. The summed E-state index contributed by atoms with van der Waals surface area (Å²) in [6.45, 7) is 20.8. The van der Waals surface area contributed by atoms with Gasteiger partial charge in [-0.1, -0.05) is 27.7 Å². The van der Waals surface area contributed by atoms with Crippen LogP contribution >= 0.6 is 0 Å². The maximum Gasteiger partial charge on any atom is 0.0273 e. The van der Waals surface area contributed by atoms with E-state index in [2.05, 4.69) is 56.4 Å².